The van der Waals surface area contributed by atoms with E-state index >= 15 is 0 Å². The highest BCUT2D eigenvalue weighted by atomic mass is 32.2. The zero-order valence-corrected chi connectivity index (χ0v) is 43.3. The largest absolute Gasteiger partial charge is 0.471 e. The quantitative estimate of drug-likeness (QED) is 0.112. The molecule has 1 aliphatic rings. The van der Waals surface area contributed by atoms with Crippen LogP contribution in [0, 0.1) is 23.7 Å². The molecule has 2 aromatic rings. The van der Waals surface area contributed by atoms with Gasteiger partial charge in [-0.05, 0) is 68.0 Å². The summed E-state index contributed by atoms with van der Waals surface area (Å²) < 4.78 is 78.7. The number of methoxy groups -OCH3 is 2. The van der Waals surface area contributed by atoms with E-state index < -0.39 is 93.7 Å². The first-order valence-electron chi connectivity index (χ1n) is 23.6. The molecule has 1 heterocycles. The number of likely N-dealkylation sites (tertiary alicyclic amines) is 1. The minimum Gasteiger partial charge on any atom is -0.379 e. The molecule has 0 aliphatic carbocycles. The van der Waals surface area contributed by atoms with Gasteiger partial charge < -0.3 is 35.2 Å². The maximum absolute atomic E-state index is 14.4. The van der Waals surface area contributed by atoms with Crippen molar-refractivity contribution in [3.05, 3.63) is 65.7 Å². The highest BCUT2D eigenvalue weighted by molar-refractivity contribution is 7.90. The van der Waals surface area contributed by atoms with E-state index in [1.54, 1.807) is 59.4 Å². The Bertz CT molecular complexity index is 2170. The topological polar surface area (TPSA) is 213 Å². The Morgan fingerprint density at radius 1 is 0.814 bits per heavy atom. The van der Waals surface area contributed by atoms with Gasteiger partial charge in [-0.3, -0.25) is 33.7 Å². The average molecular weight is 1010 g/mol. The first-order chi connectivity index (χ1) is 32.7. The summed E-state index contributed by atoms with van der Waals surface area (Å²) in [5.74, 6) is -6.13. The summed E-state index contributed by atoms with van der Waals surface area (Å²) in [5.41, 5.74) is 0.756. The normalized spacial score (nSPS) is 17.7. The van der Waals surface area contributed by atoms with Crippen LogP contribution in [0.2, 0.25) is 0 Å². The number of nitrogens with one attached hydrogen (secondary N) is 4. The van der Waals surface area contributed by atoms with Gasteiger partial charge in [-0.15, -0.1) is 0 Å². The van der Waals surface area contributed by atoms with E-state index in [0.29, 0.717) is 31.4 Å². The van der Waals surface area contributed by atoms with E-state index in [-0.39, 0.29) is 53.9 Å². The van der Waals surface area contributed by atoms with Crippen molar-refractivity contribution in [2.45, 2.75) is 141 Å². The molecule has 1 fully saturated rings. The SMILES string of the molecule is CC[C@H](C)[C@@H]([C@@H](CC(=O)N1CCC[C@H]1[C@H](OC)C(C)C(=O)N[C@@H](Cc1ccccc1)C(=O)NS(=O)(=O)c1ccc(CNC(=O)C(F)(F)F)cc1)OC)N(C)C(=O)[C@@H](NC(=O)[C@H](C(C)C)N(C)C)C(C)C. The summed E-state index contributed by atoms with van der Waals surface area (Å²) in [4.78, 5) is 86.1. The summed E-state index contributed by atoms with van der Waals surface area (Å²) in [6.07, 6.45) is -5.24. The molecule has 0 aromatic heterocycles. The fourth-order valence-corrected chi connectivity index (χ4v) is 10.1. The molecule has 6 amide bonds. The minimum atomic E-state index is -5.10. The molecule has 392 valence electrons. The summed E-state index contributed by atoms with van der Waals surface area (Å²) >= 11 is 0. The van der Waals surface area contributed by atoms with Crippen molar-refractivity contribution in [2.24, 2.45) is 23.7 Å². The van der Waals surface area contributed by atoms with Crippen LogP contribution in [0.1, 0.15) is 85.3 Å². The van der Waals surface area contributed by atoms with Crippen LogP contribution in [0.25, 0.3) is 0 Å². The first-order valence-corrected chi connectivity index (χ1v) is 25.1. The van der Waals surface area contributed by atoms with Crippen molar-refractivity contribution in [3.63, 3.8) is 0 Å². The molecule has 2 aromatic carbocycles. The average Bonchev–Trinajstić information content (AvgIpc) is 3.78. The Morgan fingerprint density at radius 2 is 1.43 bits per heavy atom. The molecule has 1 unspecified atom stereocenters. The summed E-state index contributed by atoms with van der Waals surface area (Å²) in [7, 11) is 3.62. The maximum atomic E-state index is 14.4. The first kappa shape index (κ1) is 59.2. The van der Waals surface area contributed by atoms with Gasteiger partial charge in [0, 0.05) is 40.8 Å². The molecule has 9 atom stereocenters. The molecule has 0 saturated carbocycles. The van der Waals surface area contributed by atoms with Crippen molar-refractivity contribution >= 4 is 45.5 Å². The Balaban J connectivity index is 1.82. The van der Waals surface area contributed by atoms with E-state index in [1.807, 2.05) is 65.3 Å². The van der Waals surface area contributed by atoms with Crippen molar-refractivity contribution in [1.82, 2.24) is 35.4 Å². The fourth-order valence-electron chi connectivity index (χ4n) is 9.11. The van der Waals surface area contributed by atoms with Crippen LogP contribution in [0.5, 0.6) is 0 Å². The molecular weight excluding hydrogens is 936 g/mol. The molecule has 0 radical (unpaired) electrons. The molecule has 4 N–H and O–H groups in total. The van der Waals surface area contributed by atoms with Crippen molar-refractivity contribution in [3.8, 4) is 0 Å². The Hall–Kier alpha value is -5.12. The third-order valence-electron chi connectivity index (χ3n) is 13.0. The minimum absolute atomic E-state index is 0.0156. The number of hydrogen-bond acceptors (Lipinski definition) is 11. The lowest BCUT2D eigenvalue weighted by Gasteiger charge is -2.41. The Morgan fingerprint density at radius 3 is 1.94 bits per heavy atom. The zero-order valence-electron chi connectivity index (χ0n) is 42.5. The third kappa shape index (κ3) is 15.9. The smallest absolute Gasteiger partial charge is 0.379 e. The molecular formula is C49H74F3N7O10S. The lowest BCUT2D eigenvalue weighted by atomic mass is 9.89. The number of carbonyl (C=O) groups excluding carboxylic acids is 6. The number of hydrogen-bond donors (Lipinski definition) is 4. The van der Waals surface area contributed by atoms with Crippen LogP contribution in [0.15, 0.2) is 59.5 Å². The van der Waals surface area contributed by atoms with Gasteiger partial charge in [-0.25, -0.2) is 13.1 Å². The summed E-state index contributed by atoms with van der Waals surface area (Å²) in [6.45, 7) is 13.0. The van der Waals surface area contributed by atoms with Gasteiger partial charge in [0.15, 0.2) is 0 Å². The highest BCUT2D eigenvalue weighted by Gasteiger charge is 2.44. The lowest BCUT2D eigenvalue weighted by molar-refractivity contribution is -0.173. The number of amides is 6. The van der Waals surface area contributed by atoms with Crippen LogP contribution in [0.4, 0.5) is 13.2 Å². The van der Waals surface area contributed by atoms with E-state index in [4.69, 9.17) is 9.47 Å². The molecule has 1 aliphatic heterocycles. The van der Waals surface area contributed by atoms with Gasteiger partial charge in [0.1, 0.15) is 12.1 Å². The number of sulfonamides is 1. The van der Waals surface area contributed by atoms with Gasteiger partial charge in [0.2, 0.25) is 23.6 Å². The maximum Gasteiger partial charge on any atom is 0.471 e. The van der Waals surface area contributed by atoms with E-state index in [0.717, 1.165) is 12.1 Å². The number of nitrogens with zero attached hydrogens (tertiary/aromatic N) is 3. The van der Waals surface area contributed by atoms with Crippen molar-refractivity contribution in [2.75, 3.05) is 41.9 Å². The molecule has 21 heteroatoms. The van der Waals surface area contributed by atoms with Crippen LogP contribution in [-0.4, -0.2) is 149 Å². The monoisotopic (exact) mass is 1010 g/mol. The molecule has 3 rings (SSSR count). The molecule has 17 nitrogen and oxygen atoms in total. The second kappa shape index (κ2) is 26.4. The molecule has 0 bridgehead atoms. The van der Waals surface area contributed by atoms with Gasteiger partial charge >= 0.3 is 12.1 Å². The van der Waals surface area contributed by atoms with Gasteiger partial charge in [-0.1, -0.05) is 97.4 Å². The number of benzene rings is 2. The lowest BCUT2D eigenvalue weighted by Crippen LogP contribution is -2.59. The number of rotatable bonds is 25. The van der Waals surface area contributed by atoms with Crippen molar-refractivity contribution < 1.29 is 59.8 Å². The van der Waals surface area contributed by atoms with Gasteiger partial charge in [0.25, 0.3) is 15.9 Å². The van der Waals surface area contributed by atoms with E-state index in [2.05, 4.69) is 10.6 Å². The predicted octanol–water partition coefficient (Wildman–Crippen LogP) is 4.04. The number of halogens is 3. The summed E-state index contributed by atoms with van der Waals surface area (Å²) in [5, 5.41) is 7.39. The van der Waals surface area contributed by atoms with Crippen molar-refractivity contribution in [1.29, 1.82) is 0 Å². The second-order valence-corrected chi connectivity index (χ2v) is 20.7. The molecule has 0 spiro atoms. The van der Waals surface area contributed by atoms with Gasteiger partial charge in [-0.2, -0.15) is 13.2 Å². The number of carbonyl (C=O) groups is 6. The number of alkyl halides is 3. The second-order valence-electron chi connectivity index (χ2n) is 19.0. The Labute approximate surface area is 411 Å². The van der Waals surface area contributed by atoms with Crippen LogP contribution in [-0.2, 0) is 61.2 Å². The fraction of sp³-hybridized carbons (Fsp3) is 0.633. The number of ether oxygens (including phenoxy) is 2. The van der Waals surface area contributed by atoms with Gasteiger partial charge in [0.05, 0.1) is 47.6 Å². The Kier molecular flexibility index (Phi) is 22.3. The molecule has 1 saturated heterocycles. The standard InChI is InChI=1S/C49H74F3N7O10S/c1-13-31(6)42(58(10)47(64)40(29(2)3)55-46(63)41(30(4)5)57(8)9)38(68-11)27-39(60)59-25-17-20-37(59)43(69-12)32(7)44(61)54-36(26-33-18-15-14-16-19-33)45(62)56-70(66,67)35-23-21-34(22-24-35)28-53-48(65)49(50,51)52/h14-16,18-19,21-24,29-32,36-38,40-43H,13,17,20,25-28H2,1-12H3,(H,53,65)(H,54,61)(H,55,63)(H,56,62)/t31-,32?,36-,37-,38+,40-,41-,42-,43+/m0/s1. The molecule has 70 heavy (non-hydrogen) atoms. The predicted molar refractivity (Wildman–Crippen MR) is 257 cm³/mol. The van der Waals surface area contributed by atoms with E-state index in [1.165, 1.54) is 26.4 Å². The highest BCUT2D eigenvalue weighted by Crippen LogP contribution is 2.30. The third-order valence-corrected chi connectivity index (χ3v) is 14.4. The van der Waals surface area contributed by atoms with Crippen LogP contribution >= 0.6 is 0 Å². The van der Waals surface area contributed by atoms with E-state index in [9.17, 15) is 50.4 Å². The number of likely N-dealkylation sites (N-methyl/N-ethyl adjacent to an activating group) is 2. The van der Waals surface area contributed by atoms with Crippen LogP contribution in [0.3, 0.4) is 0 Å². The summed E-state index contributed by atoms with van der Waals surface area (Å²) in [6, 6.07) is 9.16. The van der Waals surface area contributed by atoms with Crippen LogP contribution < -0.4 is 20.7 Å². The zero-order chi connectivity index (χ0) is 52.8.